The molecule has 2 saturated heterocycles. The summed E-state index contributed by atoms with van der Waals surface area (Å²) >= 11 is 1.90. The van der Waals surface area contributed by atoms with Gasteiger partial charge in [0.05, 0.1) is 0 Å². The van der Waals surface area contributed by atoms with Gasteiger partial charge in [0.1, 0.15) is 5.54 Å². The molecule has 0 spiro atoms. The van der Waals surface area contributed by atoms with Gasteiger partial charge in [0.25, 0.3) is 5.91 Å². The second kappa shape index (κ2) is 4.76. The minimum Gasteiger partial charge on any atom is -0.323 e. The van der Waals surface area contributed by atoms with E-state index in [9.17, 15) is 9.59 Å². The Morgan fingerprint density at radius 2 is 1.83 bits per heavy atom. The van der Waals surface area contributed by atoms with Crippen molar-refractivity contribution in [1.82, 2.24) is 10.6 Å². The van der Waals surface area contributed by atoms with Gasteiger partial charge in [-0.05, 0) is 36.7 Å². The van der Waals surface area contributed by atoms with E-state index in [-0.39, 0.29) is 11.9 Å². The number of hydrogen-bond donors (Lipinski definition) is 2. The van der Waals surface area contributed by atoms with Gasteiger partial charge in [-0.3, -0.25) is 10.1 Å². The molecule has 2 aliphatic heterocycles. The number of imide groups is 1. The van der Waals surface area contributed by atoms with E-state index in [2.05, 4.69) is 10.6 Å². The number of carbonyl (C=O) groups is 2. The normalized spacial score (nSPS) is 37.7. The van der Waals surface area contributed by atoms with Crippen molar-refractivity contribution < 1.29 is 9.59 Å². The van der Waals surface area contributed by atoms with Gasteiger partial charge >= 0.3 is 6.03 Å². The SMILES string of the molecule is O=C1NC(=O)C(C2CCCCC2)(C2CCSC2)N1. The molecule has 0 aromatic heterocycles. The highest BCUT2D eigenvalue weighted by Gasteiger charge is 2.56. The van der Waals surface area contributed by atoms with Crippen LogP contribution < -0.4 is 10.6 Å². The highest BCUT2D eigenvalue weighted by Crippen LogP contribution is 2.44. The molecule has 3 amide bonds. The number of hydrogen-bond acceptors (Lipinski definition) is 3. The van der Waals surface area contributed by atoms with Crippen LogP contribution in [0.3, 0.4) is 0 Å². The molecule has 0 radical (unpaired) electrons. The highest BCUT2D eigenvalue weighted by atomic mass is 32.2. The number of carbonyl (C=O) groups excluding carboxylic acids is 2. The Labute approximate surface area is 112 Å². The second-order valence-corrected chi connectivity index (χ2v) is 6.82. The number of thioether (sulfide) groups is 1. The van der Waals surface area contributed by atoms with Crippen LogP contribution in [0.15, 0.2) is 0 Å². The number of rotatable bonds is 2. The predicted octanol–water partition coefficient (Wildman–Crippen LogP) is 1.90. The fourth-order valence-corrected chi connectivity index (χ4v) is 5.17. The van der Waals surface area contributed by atoms with Gasteiger partial charge in [0.15, 0.2) is 0 Å². The lowest BCUT2D eigenvalue weighted by Gasteiger charge is -2.41. The van der Waals surface area contributed by atoms with Crippen LogP contribution in [0, 0.1) is 11.8 Å². The summed E-state index contributed by atoms with van der Waals surface area (Å²) in [6.45, 7) is 0. The van der Waals surface area contributed by atoms with Gasteiger partial charge in [-0.25, -0.2) is 4.79 Å². The number of nitrogens with one attached hydrogen (secondary N) is 2. The third-order valence-electron chi connectivity index (χ3n) is 4.75. The van der Waals surface area contributed by atoms with Crippen LogP contribution in [0.5, 0.6) is 0 Å². The fourth-order valence-electron chi connectivity index (χ4n) is 3.84. The lowest BCUT2D eigenvalue weighted by Crippen LogP contribution is -2.59. The first-order valence-electron chi connectivity index (χ1n) is 6.95. The molecule has 2 unspecified atom stereocenters. The minimum absolute atomic E-state index is 0.0631. The van der Waals surface area contributed by atoms with E-state index >= 15 is 0 Å². The molecule has 0 aromatic rings. The molecule has 1 saturated carbocycles. The van der Waals surface area contributed by atoms with Crippen LogP contribution in [0.2, 0.25) is 0 Å². The van der Waals surface area contributed by atoms with E-state index in [1.54, 1.807) is 0 Å². The average Bonchev–Trinajstić information content (AvgIpc) is 2.99. The summed E-state index contributed by atoms with van der Waals surface area (Å²) in [5.74, 6) is 2.71. The summed E-state index contributed by atoms with van der Waals surface area (Å²) in [6.07, 6.45) is 6.85. The molecule has 3 fully saturated rings. The highest BCUT2D eigenvalue weighted by molar-refractivity contribution is 7.99. The lowest BCUT2D eigenvalue weighted by molar-refractivity contribution is -0.128. The molecule has 0 bridgehead atoms. The van der Waals surface area contributed by atoms with Crippen LogP contribution >= 0.6 is 11.8 Å². The Bertz CT molecular complexity index is 362. The monoisotopic (exact) mass is 268 g/mol. The minimum atomic E-state index is -0.596. The molecule has 2 atom stereocenters. The molecule has 0 aromatic carbocycles. The Hall–Kier alpha value is -0.710. The Morgan fingerprint density at radius 1 is 1.06 bits per heavy atom. The van der Waals surface area contributed by atoms with Crippen molar-refractivity contribution >= 4 is 23.7 Å². The Kier molecular flexibility index (Phi) is 3.26. The van der Waals surface area contributed by atoms with Crippen LogP contribution in [0.1, 0.15) is 38.5 Å². The predicted molar refractivity (Wildman–Crippen MR) is 71.4 cm³/mol. The summed E-state index contributed by atoms with van der Waals surface area (Å²) in [7, 11) is 0. The maximum atomic E-state index is 12.4. The largest absolute Gasteiger partial charge is 0.323 e. The zero-order chi connectivity index (χ0) is 12.6. The van der Waals surface area contributed by atoms with Crippen LogP contribution in [-0.4, -0.2) is 29.0 Å². The average molecular weight is 268 g/mol. The van der Waals surface area contributed by atoms with Gasteiger partial charge in [-0.2, -0.15) is 11.8 Å². The van der Waals surface area contributed by atoms with Crippen LogP contribution in [-0.2, 0) is 4.79 Å². The molecule has 3 rings (SSSR count). The zero-order valence-electron chi connectivity index (χ0n) is 10.5. The number of amides is 3. The summed E-state index contributed by atoms with van der Waals surface area (Å²) in [5, 5.41) is 5.50. The third-order valence-corrected chi connectivity index (χ3v) is 5.91. The summed E-state index contributed by atoms with van der Waals surface area (Å²) in [6, 6.07) is -0.289. The lowest BCUT2D eigenvalue weighted by atomic mass is 9.68. The molecular formula is C13H20N2O2S. The van der Waals surface area contributed by atoms with Crippen molar-refractivity contribution in [3.8, 4) is 0 Å². The molecular weight excluding hydrogens is 248 g/mol. The van der Waals surface area contributed by atoms with E-state index in [1.165, 1.54) is 19.3 Å². The van der Waals surface area contributed by atoms with Gasteiger partial charge in [0.2, 0.25) is 0 Å². The van der Waals surface area contributed by atoms with E-state index in [0.29, 0.717) is 11.8 Å². The smallest absolute Gasteiger partial charge is 0.322 e. The summed E-state index contributed by atoms with van der Waals surface area (Å²) in [5.41, 5.74) is -0.596. The molecule has 3 aliphatic rings. The molecule has 18 heavy (non-hydrogen) atoms. The van der Waals surface area contributed by atoms with Gasteiger partial charge in [-0.1, -0.05) is 19.3 Å². The maximum absolute atomic E-state index is 12.4. The summed E-state index contributed by atoms with van der Waals surface area (Å²) < 4.78 is 0. The zero-order valence-corrected chi connectivity index (χ0v) is 11.4. The topological polar surface area (TPSA) is 58.2 Å². The van der Waals surface area contributed by atoms with Gasteiger partial charge in [0, 0.05) is 5.92 Å². The molecule has 2 heterocycles. The molecule has 2 N–H and O–H groups in total. The van der Waals surface area contributed by atoms with Crippen LogP contribution in [0.25, 0.3) is 0 Å². The molecule has 4 nitrogen and oxygen atoms in total. The molecule has 100 valence electrons. The van der Waals surface area contributed by atoms with Crippen molar-refractivity contribution in [3.05, 3.63) is 0 Å². The van der Waals surface area contributed by atoms with Crippen molar-refractivity contribution in [2.24, 2.45) is 11.8 Å². The third kappa shape index (κ3) is 1.83. The summed E-state index contributed by atoms with van der Waals surface area (Å²) in [4.78, 5) is 24.0. The first-order valence-corrected chi connectivity index (χ1v) is 8.10. The van der Waals surface area contributed by atoms with Crippen molar-refractivity contribution in [2.45, 2.75) is 44.1 Å². The first-order chi connectivity index (χ1) is 8.73. The van der Waals surface area contributed by atoms with E-state index in [4.69, 9.17) is 0 Å². The molecule has 1 aliphatic carbocycles. The van der Waals surface area contributed by atoms with Crippen molar-refractivity contribution in [3.63, 3.8) is 0 Å². The maximum Gasteiger partial charge on any atom is 0.322 e. The van der Waals surface area contributed by atoms with E-state index in [0.717, 1.165) is 30.8 Å². The molecule has 5 heteroatoms. The van der Waals surface area contributed by atoms with Gasteiger partial charge in [-0.15, -0.1) is 0 Å². The fraction of sp³-hybridized carbons (Fsp3) is 0.846. The first kappa shape index (κ1) is 12.3. The Balaban J connectivity index is 1.91. The number of urea groups is 1. The van der Waals surface area contributed by atoms with Crippen molar-refractivity contribution in [2.75, 3.05) is 11.5 Å². The van der Waals surface area contributed by atoms with Crippen LogP contribution in [0.4, 0.5) is 4.79 Å². The van der Waals surface area contributed by atoms with Crippen molar-refractivity contribution in [1.29, 1.82) is 0 Å². The quantitative estimate of drug-likeness (QED) is 0.752. The van der Waals surface area contributed by atoms with Gasteiger partial charge < -0.3 is 5.32 Å². The standard InChI is InChI=1S/C13H20N2O2S/c16-11-13(15-12(17)14-11,10-6-7-18-8-10)9-4-2-1-3-5-9/h9-10H,1-8H2,(H2,14,15,16,17). The van der Waals surface area contributed by atoms with E-state index < -0.39 is 5.54 Å². The Morgan fingerprint density at radius 3 is 2.39 bits per heavy atom. The second-order valence-electron chi connectivity index (χ2n) is 5.67. The van der Waals surface area contributed by atoms with E-state index in [1.807, 2.05) is 11.8 Å².